The molecule has 0 aliphatic rings. The van der Waals surface area contributed by atoms with E-state index in [0.29, 0.717) is 5.96 Å². The lowest BCUT2D eigenvalue weighted by Crippen LogP contribution is -2.41. The Hall–Kier alpha value is -2.06. The van der Waals surface area contributed by atoms with Gasteiger partial charge in [-0.2, -0.15) is 34.8 Å². The smallest absolute Gasteiger partial charge is 0.523 e. The van der Waals surface area contributed by atoms with Crippen LogP contribution in [-0.2, 0) is 24.4 Å². The lowest BCUT2D eigenvalue weighted by molar-refractivity contribution is -0.472. The van der Waals surface area contributed by atoms with Crippen molar-refractivity contribution in [1.29, 1.82) is 5.41 Å². The van der Waals surface area contributed by atoms with Crippen LogP contribution in [0.5, 0.6) is 0 Å². The van der Waals surface area contributed by atoms with Crippen LogP contribution in [0.3, 0.4) is 0 Å². The second kappa shape index (κ2) is 19.1. The van der Waals surface area contributed by atoms with E-state index in [4.69, 9.17) is 18.4 Å². The topological polar surface area (TPSA) is 149 Å². The summed E-state index contributed by atoms with van der Waals surface area (Å²) in [6.07, 6.45) is 0. The summed E-state index contributed by atoms with van der Waals surface area (Å²) in [4.78, 5) is 5.56. The molecule has 12 nitrogen and oxygen atoms in total. The first kappa shape index (κ1) is 44.9. The van der Waals surface area contributed by atoms with Crippen LogP contribution in [0.1, 0.15) is 21.3 Å². The summed E-state index contributed by atoms with van der Waals surface area (Å²) in [5.41, 5.74) is -10.9. The van der Waals surface area contributed by atoms with Gasteiger partial charge >= 0.3 is 27.1 Å². The van der Waals surface area contributed by atoms with Gasteiger partial charge in [-0.25, -0.2) is 8.42 Å². The molecule has 0 heterocycles. The second-order valence-electron chi connectivity index (χ2n) is 6.96. The number of hydrogen-bond donors (Lipinski definition) is 2. The quantitative estimate of drug-likeness (QED) is 0.0923. The number of halogens is 6. The first-order valence-corrected chi connectivity index (χ1v) is 12.4. The lowest BCUT2D eigenvalue weighted by Gasteiger charge is -2.19. The standard InChI is InChI=1S/C7H17N3.C5H13N3.C3H5F3O3S.CHF3O3S.CH4/c1-6-8-7(9(2)3)10(4)5;1-7(2)5(6)8(3)4;1-2-9-10(7,8)3(4,5)6;2-1(3,4)8(5,6)7;/h6H2,1-5H3;6H,1-4H3;2H2,1H3;(H,5,6,7);1H4. The Morgan fingerprint density at radius 2 is 1.19 bits per heavy atom. The maximum atomic E-state index is 11.3. The number of guanidine groups is 2. The van der Waals surface area contributed by atoms with Crippen molar-refractivity contribution in [2.24, 2.45) is 0 Å². The van der Waals surface area contributed by atoms with Gasteiger partial charge in [0, 0.05) is 28.2 Å². The molecule has 0 atom stereocenters. The molecule has 2 N–H and O–H groups in total. The van der Waals surface area contributed by atoms with Gasteiger partial charge in [-0.05, 0) is 13.8 Å². The maximum Gasteiger partial charge on any atom is 0.523 e. The second-order valence-corrected chi connectivity index (χ2v) is 9.94. The number of rotatable bonds is 3. The zero-order valence-electron chi connectivity index (χ0n) is 21.7. The molecule has 0 saturated carbocycles. The number of nitrogens with zero attached hydrogens (tertiary/aromatic N) is 4. The molecule has 0 fully saturated rings. The molecule has 37 heavy (non-hydrogen) atoms. The van der Waals surface area contributed by atoms with Gasteiger partial charge in [0.25, 0.3) is 0 Å². The van der Waals surface area contributed by atoms with E-state index in [-0.39, 0.29) is 7.43 Å². The van der Waals surface area contributed by atoms with Crippen molar-refractivity contribution < 1.29 is 56.5 Å². The van der Waals surface area contributed by atoms with Gasteiger partial charge in [-0.3, -0.25) is 24.4 Å². The number of nitrogens with one attached hydrogen (secondary N) is 2. The van der Waals surface area contributed by atoms with Crippen LogP contribution in [0.15, 0.2) is 0 Å². The van der Waals surface area contributed by atoms with Gasteiger partial charge in [-0.15, -0.1) is 0 Å². The third-order valence-electron chi connectivity index (χ3n) is 2.87. The summed E-state index contributed by atoms with van der Waals surface area (Å²) in [7, 11) is 4.06. The largest absolute Gasteiger partial charge is 0.741 e. The minimum Gasteiger partial charge on any atom is -0.741 e. The highest BCUT2D eigenvalue weighted by Crippen LogP contribution is 2.24. The molecule has 0 spiro atoms. The van der Waals surface area contributed by atoms with Crippen LogP contribution in [0.2, 0.25) is 0 Å². The van der Waals surface area contributed by atoms with Gasteiger partial charge < -0.3 is 14.4 Å². The van der Waals surface area contributed by atoms with Crippen LogP contribution >= 0.6 is 0 Å². The fourth-order valence-corrected chi connectivity index (χ4v) is 1.94. The Balaban J connectivity index is -0.000000123. The van der Waals surface area contributed by atoms with Gasteiger partial charge in [0.15, 0.2) is 16.1 Å². The first-order chi connectivity index (χ1) is 15.7. The van der Waals surface area contributed by atoms with Crippen LogP contribution in [0, 0.1) is 5.41 Å². The van der Waals surface area contributed by atoms with Crippen LogP contribution in [0.25, 0.3) is 0 Å². The Labute approximate surface area is 216 Å². The molecule has 0 aromatic heterocycles. The van der Waals surface area contributed by atoms with E-state index < -0.39 is 37.9 Å². The fraction of sp³-hybridized carbons (Fsp3) is 0.882. The van der Waals surface area contributed by atoms with E-state index in [1.807, 2.05) is 56.4 Å². The first-order valence-electron chi connectivity index (χ1n) is 9.57. The van der Waals surface area contributed by atoms with Gasteiger partial charge in [0.05, 0.1) is 41.3 Å². The number of hydrogen-bond acceptors (Lipinski definition) is 7. The average Bonchev–Trinajstić information content (AvgIpc) is 2.63. The van der Waals surface area contributed by atoms with Crippen LogP contribution in [-0.4, -0.2) is 133 Å². The molecule has 0 aromatic carbocycles. The molecule has 0 radical (unpaired) electrons. The van der Waals surface area contributed by atoms with Crippen molar-refractivity contribution >= 4 is 32.2 Å². The van der Waals surface area contributed by atoms with Crippen LogP contribution in [0.4, 0.5) is 26.3 Å². The molecular weight excluding hydrogens is 562 g/mol. The normalized spacial score (nSPS) is 10.9. The summed E-state index contributed by atoms with van der Waals surface area (Å²) >= 11 is 0. The fourth-order valence-electron chi connectivity index (χ4n) is 1.50. The highest BCUT2D eigenvalue weighted by Gasteiger charge is 2.46. The molecule has 20 heteroatoms. The maximum absolute atomic E-state index is 11.3. The minimum absolute atomic E-state index is 0. The van der Waals surface area contributed by atoms with E-state index in [2.05, 4.69) is 25.9 Å². The van der Waals surface area contributed by atoms with E-state index in [9.17, 15) is 34.8 Å². The van der Waals surface area contributed by atoms with Crippen LogP contribution < -0.4 is 5.32 Å². The molecule has 228 valence electrons. The third kappa shape index (κ3) is 22.8. The molecular formula is C17H40F6N6O6S2. The molecule has 0 bridgehead atoms. The zero-order valence-corrected chi connectivity index (χ0v) is 23.4. The van der Waals surface area contributed by atoms with Crippen molar-refractivity contribution in [1.82, 2.24) is 20.0 Å². The lowest BCUT2D eigenvalue weighted by atomic mass is 10.7. The molecule has 0 saturated heterocycles. The van der Waals surface area contributed by atoms with E-state index in [1.165, 1.54) is 0 Å². The zero-order chi connectivity index (χ0) is 30.3. The van der Waals surface area contributed by atoms with Crippen molar-refractivity contribution in [3.8, 4) is 0 Å². The summed E-state index contributed by atoms with van der Waals surface area (Å²) in [5, 5.41) is 10.5. The highest BCUT2D eigenvalue weighted by atomic mass is 32.2. The van der Waals surface area contributed by atoms with E-state index in [0.717, 1.165) is 19.4 Å². The average molecular weight is 603 g/mol. The summed E-state index contributed by atoms with van der Waals surface area (Å²) in [6, 6.07) is 0. The molecule has 0 amide bonds. The van der Waals surface area contributed by atoms with E-state index in [1.54, 1.807) is 9.80 Å². The number of alkyl halides is 6. The molecule has 0 aliphatic carbocycles. The summed E-state index contributed by atoms with van der Waals surface area (Å²) in [6.45, 7) is 3.70. The Morgan fingerprint density at radius 1 is 0.865 bits per heavy atom. The SMILES string of the molecule is C.CCNC(N(C)C)=[N+](C)C.CCOS(=O)(=O)C(F)(F)F.CN(C)C(=N)N(C)C.O=S(=O)([O-])C(F)(F)F. The molecule has 0 rings (SSSR count). The summed E-state index contributed by atoms with van der Waals surface area (Å²) in [5.74, 6) is 1.66. The minimum atomic E-state index is -6.09. The van der Waals surface area contributed by atoms with Crippen molar-refractivity contribution in [2.75, 3.05) is 69.5 Å². The van der Waals surface area contributed by atoms with Gasteiger partial charge in [-0.1, -0.05) is 7.43 Å². The predicted octanol–water partition coefficient (Wildman–Crippen LogP) is 1.39. The van der Waals surface area contributed by atoms with Gasteiger partial charge in [0.1, 0.15) is 0 Å². The molecule has 0 unspecified atom stereocenters. The van der Waals surface area contributed by atoms with Gasteiger partial charge in [0.2, 0.25) is 0 Å². The summed E-state index contributed by atoms with van der Waals surface area (Å²) < 4.78 is 118. The Morgan fingerprint density at radius 3 is 1.24 bits per heavy atom. The van der Waals surface area contributed by atoms with Crippen molar-refractivity contribution in [3.63, 3.8) is 0 Å². The monoisotopic (exact) mass is 602 g/mol. The molecule has 0 aromatic rings. The Bertz CT molecular complexity index is 860. The van der Waals surface area contributed by atoms with Crippen molar-refractivity contribution in [3.05, 3.63) is 0 Å². The highest BCUT2D eigenvalue weighted by molar-refractivity contribution is 7.87. The Kier molecular flexibility index (Phi) is 23.1. The molecule has 0 aliphatic heterocycles. The third-order valence-corrected chi connectivity index (χ3v) is 4.55. The van der Waals surface area contributed by atoms with E-state index >= 15 is 0 Å². The predicted molar refractivity (Wildman–Crippen MR) is 129 cm³/mol. The van der Waals surface area contributed by atoms with Crippen molar-refractivity contribution in [2.45, 2.75) is 32.3 Å².